The van der Waals surface area contributed by atoms with E-state index in [0.29, 0.717) is 17.0 Å². The highest BCUT2D eigenvalue weighted by molar-refractivity contribution is 5.72. The average Bonchev–Trinajstić information content (AvgIpc) is 2.73. The van der Waals surface area contributed by atoms with Gasteiger partial charge in [-0.2, -0.15) is 0 Å². The molecule has 0 aliphatic carbocycles. The summed E-state index contributed by atoms with van der Waals surface area (Å²) in [7, 11) is 0. The summed E-state index contributed by atoms with van der Waals surface area (Å²) in [6.45, 7) is 1.96. The quantitative estimate of drug-likeness (QED) is 0.802. The molecule has 3 nitrogen and oxygen atoms in total. The highest BCUT2D eigenvalue weighted by atomic mass is 19.1. The summed E-state index contributed by atoms with van der Waals surface area (Å²) in [6, 6.07) is 4.45. The second-order valence-electron chi connectivity index (χ2n) is 4.21. The molecule has 0 radical (unpaired) electrons. The fraction of sp³-hybridized carbons (Fsp3) is 0.417. The third kappa shape index (κ3) is 1.69. The van der Waals surface area contributed by atoms with Gasteiger partial charge in [0, 0.05) is 18.5 Å². The Morgan fingerprint density at radius 2 is 2.38 bits per heavy atom. The molecule has 1 aliphatic rings. The molecule has 2 heterocycles. The lowest BCUT2D eigenvalue weighted by Crippen LogP contribution is -2.28. The lowest BCUT2D eigenvalue weighted by atomic mass is 10.00. The maximum Gasteiger partial charge on any atom is 0.199 e. The van der Waals surface area contributed by atoms with Crippen molar-refractivity contribution in [2.75, 3.05) is 13.1 Å². The van der Waals surface area contributed by atoms with Crippen LogP contribution in [0.4, 0.5) is 4.39 Å². The minimum Gasteiger partial charge on any atom is -0.440 e. The SMILES string of the molecule is Fc1ccc2oc(C3CCCNC3)nc2c1. The normalized spacial score (nSPS) is 21.4. The Hall–Kier alpha value is -1.42. The van der Waals surface area contributed by atoms with Gasteiger partial charge in [-0.25, -0.2) is 9.37 Å². The van der Waals surface area contributed by atoms with Gasteiger partial charge < -0.3 is 9.73 Å². The van der Waals surface area contributed by atoms with Crippen molar-refractivity contribution >= 4 is 11.1 Å². The third-order valence-corrected chi connectivity index (χ3v) is 3.01. The number of fused-ring (bicyclic) bond motifs is 1. The molecule has 1 saturated heterocycles. The van der Waals surface area contributed by atoms with Gasteiger partial charge in [-0.05, 0) is 31.5 Å². The highest BCUT2D eigenvalue weighted by Gasteiger charge is 2.20. The number of oxazole rings is 1. The van der Waals surface area contributed by atoms with Crippen LogP contribution in [-0.4, -0.2) is 18.1 Å². The molecule has 0 saturated carbocycles. The zero-order valence-electron chi connectivity index (χ0n) is 8.87. The number of hydrogen-bond donors (Lipinski definition) is 1. The van der Waals surface area contributed by atoms with Crippen LogP contribution in [0.1, 0.15) is 24.7 Å². The molecule has 3 rings (SSSR count). The van der Waals surface area contributed by atoms with Crippen molar-refractivity contribution in [3.05, 3.63) is 29.9 Å². The summed E-state index contributed by atoms with van der Waals surface area (Å²) in [5.74, 6) is 0.783. The van der Waals surface area contributed by atoms with Gasteiger partial charge in [0.1, 0.15) is 11.3 Å². The van der Waals surface area contributed by atoms with Gasteiger partial charge in [-0.15, -0.1) is 0 Å². The summed E-state index contributed by atoms with van der Waals surface area (Å²) in [6.07, 6.45) is 2.22. The number of benzene rings is 1. The van der Waals surface area contributed by atoms with E-state index in [1.54, 1.807) is 6.07 Å². The van der Waals surface area contributed by atoms with Gasteiger partial charge in [0.15, 0.2) is 11.5 Å². The predicted molar refractivity (Wildman–Crippen MR) is 58.8 cm³/mol. The molecule has 84 valence electrons. The van der Waals surface area contributed by atoms with Crippen molar-refractivity contribution in [1.82, 2.24) is 10.3 Å². The Bertz CT molecular complexity index is 503. The summed E-state index contributed by atoms with van der Waals surface area (Å²) in [5.41, 5.74) is 1.28. The molecule has 1 aromatic carbocycles. The molecule has 0 amide bonds. The molecule has 1 atom stereocenters. The van der Waals surface area contributed by atoms with Crippen LogP contribution in [0.5, 0.6) is 0 Å². The molecule has 1 fully saturated rings. The molecule has 4 heteroatoms. The van der Waals surface area contributed by atoms with E-state index in [2.05, 4.69) is 10.3 Å². The standard InChI is InChI=1S/C12H13FN2O/c13-9-3-4-11-10(6-9)15-12(16-11)8-2-1-5-14-7-8/h3-4,6,8,14H,1-2,5,7H2. The highest BCUT2D eigenvalue weighted by Crippen LogP contribution is 2.26. The van der Waals surface area contributed by atoms with Crippen LogP contribution in [0.2, 0.25) is 0 Å². The molecule has 0 spiro atoms. The van der Waals surface area contributed by atoms with E-state index in [1.165, 1.54) is 12.1 Å². The van der Waals surface area contributed by atoms with Crippen LogP contribution in [0.3, 0.4) is 0 Å². The number of rotatable bonds is 1. The van der Waals surface area contributed by atoms with Gasteiger partial charge in [-0.1, -0.05) is 0 Å². The first-order valence-corrected chi connectivity index (χ1v) is 5.59. The molecule has 2 aromatic rings. The van der Waals surface area contributed by atoms with Crippen LogP contribution in [0.15, 0.2) is 22.6 Å². The van der Waals surface area contributed by atoms with Gasteiger partial charge in [0.2, 0.25) is 0 Å². The first kappa shape index (κ1) is 9.78. The number of nitrogens with zero attached hydrogens (tertiary/aromatic N) is 1. The maximum absolute atomic E-state index is 13.0. The number of nitrogens with one attached hydrogen (secondary N) is 1. The van der Waals surface area contributed by atoms with E-state index in [0.717, 1.165) is 31.8 Å². The van der Waals surface area contributed by atoms with Crippen LogP contribution >= 0.6 is 0 Å². The monoisotopic (exact) mass is 220 g/mol. The fourth-order valence-electron chi connectivity index (χ4n) is 2.16. The van der Waals surface area contributed by atoms with Gasteiger partial charge in [0.05, 0.1) is 0 Å². The molecule has 1 unspecified atom stereocenters. The van der Waals surface area contributed by atoms with E-state index in [-0.39, 0.29) is 5.82 Å². The lowest BCUT2D eigenvalue weighted by Gasteiger charge is -2.19. The molecular weight excluding hydrogens is 207 g/mol. The van der Waals surface area contributed by atoms with Crippen LogP contribution in [0.25, 0.3) is 11.1 Å². The third-order valence-electron chi connectivity index (χ3n) is 3.01. The summed E-state index contributed by atoms with van der Waals surface area (Å²) >= 11 is 0. The first-order chi connectivity index (χ1) is 7.83. The van der Waals surface area contributed by atoms with Crippen LogP contribution < -0.4 is 5.32 Å². The van der Waals surface area contributed by atoms with Crippen molar-refractivity contribution in [3.8, 4) is 0 Å². The van der Waals surface area contributed by atoms with Crippen molar-refractivity contribution < 1.29 is 8.81 Å². The zero-order valence-corrected chi connectivity index (χ0v) is 8.87. The van der Waals surface area contributed by atoms with Crippen molar-refractivity contribution in [2.24, 2.45) is 0 Å². The summed E-state index contributed by atoms with van der Waals surface area (Å²) in [5, 5.41) is 3.31. The Labute approximate surface area is 92.7 Å². The summed E-state index contributed by atoms with van der Waals surface area (Å²) < 4.78 is 18.6. The Balaban J connectivity index is 1.97. The Morgan fingerprint density at radius 1 is 1.44 bits per heavy atom. The molecular formula is C12H13FN2O. The van der Waals surface area contributed by atoms with E-state index < -0.39 is 0 Å². The van der Waals surface area contributed by atoms with E-state index in [4.69, 9.17) is 4.42 Å². The lowest BCUT2D eigenvalue weighted by molar-refractivity contribution is 0.387. The topological polar surface area (TPSA) is 38.1 Å². The van der Waals surface area contributed by atoms with Gasteiger partial charge in [0.25, 0.3) is 0 Å². The Kier molecular flexibility index (Phi) is 2.36. The molecule has 1 aliphatic heterocycles. The minimum absolute atomic E-state index is 0.269. The van der Waals surface area contributed by atoms with E-state index in [1.807, 2.05) is 0 Å². The maximum atomic E-state index is 13.0. The van der Waals surface area contributed by atoms with Crippen LogP contribution in [-0.2, 0) is 0 Å². The molecule has 16 heavy (non-hydrogen) atoms. The van der Waals surface area contributed by atoms with Gasteiger partial charge in [-0.3, -0.25) is 0 Å². The zero-order chi connectivity index (χ0) is 11.0. The molecule has 1 N–H and O–H groups in total. The minimum atomic E-state index is -0.269. The van der Waals surface area contributed by atoms with Crippen molar-refractivity contribution in [3.63, 3.8) is 0 Å². The van der Waals surface area contributed by atoms with Crippen molar-refractivity contribution in [1.29, 1.82) is 0 Å². The fourth-order valence-corrected chi connectivity index (χ4v) is 2.16. The molecule has 0 bridgehead atoms. The number of hydrogen-bond acceptors (Lipinski definition) is 3. The smallest absolute Gasteiger partial charge is 0.199 e. The van der Waals surface area contributed by atoms with Gasteiger partial charge >= 0.3 is 0 Å². The first-order valence-electron chi connectivity index (χ1n) is 5.59. The van der Waals surface area contributed by atoms with E-state index in [9.17, 15) is 4.39 Å². The molecule has 1 aromatic heterocycles. The second-order valence-corrected chi connectivity index (χ2v) is 4.21. The van der Waals surface area contributed by atoms with Crippen LogP contribution in [0, 0.1) is 5.82 Å². The average molecular weight is 220 g/mol. The number of aromatic nitrogens is 1. The number of halogens is 1. The Morgan fingerprint density at radius 3 is 3.19 bits per heavy atom. The summed E-state index contributed by atoms with van der Waals surface area (Å²) in [4.78, 5) is 4.35. The van der Waals surface area contributed by atoms with E-state index >= 15 is 0 Å². The predicted octanol–water partition coefficient (Wildman–Crippen LogP) is 2.43. The number of piperidine rings is 1. The van der Waals surface area contributed by atoms with Crippen molar-refractivity contribution in [2.45, 2.75) is 18.8 Å². The second kappa shape index (κ2) is 3.87. The largest absolute Gasteiger partial charge is 0.440 e.